The molecule has 16 heavy (non-hydrogen) atoms. The second-order valence-electron chi connectivity index (χ2n) is 4.07. The van der Waals surface area contributed by atoms with Gasteiger partial charge in [0.1, 0.15) is 5.82 Å². The molecule has 1 aromatic carbocycles. The van der Waals surface area contributed by atoms with Crippen molar-refractivity contribution in [2.45, 2.75) is 19.4 Å². The Labute approximate surface area is 93.7 Å². The molecule has 1 atom stereocenters. The van der Waals surface area contributed by atoms with Gasteiger partial charge < -0.3 is 9.88 Å². The first-order chi connectivity index (χ1) is 7.79. The minimum absolute atomic E-state index is 0.197. The van der Waals surface area contributed by atoms with Crippen molar-refractivity contribution in [3.63, 3.8) is 0 Å². The van der Waals surface area contributed by atoms with Crippen LogP contribution in [0.1, 0.15) is 25.1 Å². The maximum absolute atomic E-state index is 13.2. The van der Waals surface area contributed by atoms with Gasteiger partial charge in [0.25, 0.3) is 0 Å². The Hall–Kier alpha value is -1.77. The van der Waals surface area contributed by atoms with Crippen LogP contribution in [0.4, 0.5) is 10.1 Å². The van der Waals surface area contributed by atoms with E-state index in [9.17, 15) is 4.39 Å². The van der Waals surface area contributed by atoms with Gasteiger partial charge in [-0.05, 0) is 36.8 Å². The molecule has 2 heterocycles. The topological polar surface area (TPSA) is 17.0 Å². The first-order valence-corrected chi connectivity index (χ1v) is 5.53. The Morgan fingerprint density at radius 2 is 2.25 bits per heavy atom. The summed E-state index contributed by atoms with van der Waals surface area (Å²) in [7, 11) is 0. The Morgan fingerprint density at radius 3 is 3.06 bits per heavy atom. The number of anilines is 1. The summed E-state index contributed by atoms with van der Waals surface area (Å²) in [4.78, 5) is 0. The van der Waals surface area contributed by atoms with Crippen molar-refractivity contribution < 1.29 is 4.39 Å². The average Bonchev–Trinajstić information content (AvgIpc) is 2.76. The monoisotopic (exact) mass is 216 g/mol. The summed E-state index contributed by atoms with van der Waals surface area (Å²) >= 11 is 0. The summed E-state index contributed by atoms with van der Waals surface area (Å²) < 4.78 is 15.3. The Balaban J connectivity index is 2.21. The number of nitrogens with one attached hydrogen (secondary N) is 1. The van der Waals surface area contributed by atoms with E-state index in [1.807, 2.05) is 18.3 Å². The van der Waals surface area contributed by atoms with E-state index in [-0.39, 0.29) is 11.9 Å². The maximum atomic E-state index is 13.2. The molecule has 0 spiro atoms. The number of hydrogen-bond donors (Lipinski definition) is 1. The van der Waals surface area contributed by atoms with E-state index in [0.717, 1.165) is 17.8 Å². The third kappa shape index (κ3) is 1.24. The van der Waals surface area contributed by atoms with Crippen LogP contribution >= 0.6 is 0 Å². The molecule has 3 rings (SSSR count). The molecule has 1 unspecified atom stereocenters. The molecular formula is C13H13FN2. The lowest BCUT2D eigenvalue weighted by Crippen LogP contribution is -2.20. The molecule has 2 aromatic rings. The van der Waals surface area contributed by atoms with Gasteiger partial charge in [-0.2, -0.15) is 0 Å². The lowest BCUT2D eigenvalue weighted by Gasteiger charge is -2.28. The molecule has 82 valence electrons. The predicted molar refractivity (Wildman–Crippen MR) is 62.4 cm³/mol. The van der Waals surface area contributed by atoms with Crippen LogP contribution in [0.15, 0.2) is 36.5 Å². The highest BCUT2D eigenvalue weighted by Crippen LogP contribution is 2.35. The van der Waals surface area contributed by atoms with Crippen molar-refractivity contribution in [1.29, 1.82) is 0 Å². The van der Waals surface area contributed by atoms with Crippen LogP contribution in [0.25, 0.3) is 5.69 Å². The predicted octanol–water partition coefficient (Wildman–Crippen LogP) is 3.49. The largest absolute Gasteiger partial charge is 0.375 e. The third-order valence-corrected chi connectivity index (χ3v) is 3.09. The van der Waals surface area contributed by atoms with Gasteiger partial charge in [-0.25, -0.2) is 4.39 Å². The molecule has 1 aliphatic rings. The van der Waals surface area contributed by atoms with Crippen LogP contribution in [-0.4, -0.2) is 4.57 Å². The Bertz CT molecular complexity index is 530. The summed E-state index contributed by atoms with van der Waals surface area (Å²) in [6.45, 7) is 2.12. The summed E-state index contributed by atoms with van der Waals surface area (Å²) in [5, 5.41) is 3.37. The maximum Gasteiger partial charge on any atom is 0.125 e. The van der Waals surface area contributed by atoms with Gasteiger partial charge in [-0.3, -0.25) is 0 Å². The molecular weight excluding hydrogens is 203 g/mol. The lowest BCUT2D eigenvalue weighted by atomic mass is 10.1. The van der Waals surface area contributed by atoms with Gasteiger partial charge in [0.15, 0.2) is 0 Å². The van der Waals surface area contributed by atoms with E-state index in [1.165, 1.54) is 11.8 Å². The average molecular weight is 216 g/mol. The molecule has 0 radical (unpaired) electrons. The number of hydrogen-bond acceptors (Lipinski definition) is 1. The number of nitrogens with zero attached hydrogens (tertiary/aromatic N) is 1. The fraction of sp³-hybridized carbons (Fsp3) is 0.231. The lowest BCUT2D eigenvalue weighted by molar-refractivity contribution is 0.623. The molecule has 1 N–H and O–H groups in total. The summed E-state index contributed by atoms with van der Waals surface area (Å²) in [6, 6.07) is 9.26. The molecule has 3 heteroatoms. The SMILES string of the molecule is CCC1Nc2cc(F)ccc2-n2cccc21. The highest BCUT2D eigenvalue weighted by atomic mass is 19.1. The van der Waals surface area contributed by atoms with E-state index in [2.05, 4.69) is 22.9 Å². The minimum atomic E-state index is -0.197. The fourth-order valence-electron chi connectivity index (χ4n) is 2.30. The zero-order valence-corrected chi connectivity index (χ0v) is 9.07. The number of aromatic nitrogens is 1. The van der Waals surface area contributed by atoms with Gasteiger partial charge >= 0.3 is 0 Å². The quantitative estimate of drug-likeness (QED) is 0.772. The normalized spacial score (nSPS) is 17.5. The van der Waals surface area contributed by atoms with E-state index in [4.69, 9.17) is 0 Å². The minimum Gasteiger partial charge on any atom is -0.375 e. The van der Waals surface area contributed by atoms with E-state index in [1.54, 1.807) is 6.07 Å². The van der Waals surface area contributed by atoms with Crippen LogP contribution in [-0.2, 0) is 0 Å². The second-order valence-corrected chi connectivity index (χ2v) is 4.07. The number of rotatable bonds is 1. The van der Waals surface area contributed by atoms with Crippen LogP contribution in [0.2, 0.25) is 0 Å². The van der Waals surface area contributed by atoms with Crippen molar-refractivity contribution in [3.05, 3.63) is 48.0 Å². The molecule has 0 aliphatic carbocycles. The van der Waals surface area contributed by atoms with Gasteiger partial charge in [0.05, 0.1) is 17.4 Å². The van der Waals surface area contributed by atoms with Crippen LogP contribution in [0.5, 0.6) is 0 Å². The molecule has 0 saturated heterocycles. The van der Waals surface area contributed by atoms with E-state index < -0.39 is 0 Å². The van der Waals surface area contributed by atoms with Crippen LogP contribution in [0.3, 0.4) is 0 Å². The van der Waals surface area contributed by atoms with E-state index >= 15 is 0 Å². The first kappa shape index (κ1) is 9.46. The van der Waals surface area contributed by atoms with Crippen LogP contribution < -0.4 is 5.32 Å². The van der Waals surface area contributed by atoms with Crippen molar-refractivity contribution in [1.82, 2.24) is 4.57 Å². The molecule has 0 bridgehead atoms. The van der Waals surface area contributed by atoms with Gasteiger partial charge in [-0.1, -0.05) is 6.92 Å². The second kappa shape index (κ2) is 3.37. The zero-order chi connectivity index (χ0) is 11.1. The van der Waals surface area contributed by atoms with Crippen molar-refractivity contribution in [2.24, 2.45) is 0 Å². The molecule has 0 fully saturated rings. The van der Waals surface area contributed by atoms with Gasteiger partial charge in [0.2, 0.25) is 0 Å². The third-order valence-electron chi connectivity index (χ3n) is 3.09. The summed E-state index contributed by atoms with van der Waals surface area (Å²) in [5.74, 6) is -0.197. The van der Waals surface area contributed by atoms with Gasteiger partial charge in [-0.15, -0.1) is 0 Å². The Kier molecular flexibility index (Phi) is 1.99. The smallest absolute Gasteiger partial charge is 0.125 e. The number of fused-ring (bicyclic) bond motifs is 3. The number of benzene rings is 1. The van der Waals surface area contributed by atoms with Crippen molar-refractivity contribution in [2.75, 3.05) is 5.32 Å². The standard InChI is InChI=1S/C13H13FN2/c1-2-10-12-4-3-7-16(12)13-6-5-9(14)8-11(13)15-10/h3-8,10,15H,2H2,1H3. The highest BCUT2D eigenvalue weighted by molar-refractivity contribution is 5.65. The fourth-order valence-corrected chi connectivity index (χ4v) is 2.30. The van der Waals surface area contributed by atoms with Gasteiger partial charge in [0, 0.05) is 11.9 Å². The molecule has 0 saturated carbocycles. The molecule has 1 aliphatic heterocycles. The number of halogens is 1. The molecule has 1 aromatic heterocycles. The summed E-state index contributed by atoms with van der Waals surface area (Å²) in [5.41, 5.74) is 3.13. The van der Waals surface area contributed by atoms with Crippen molar-refractivity contribution in [3.8, 4) is 5.69 Å². The Morgan fingerprint density at radius 1 is 1.38 bits per heavy atom. The molecule has 0 amide bonds. The molecule has 2 nitrogen and oxygen atoms in total. The van der Waals surface area contributed by atoms with Crippen molar-refractivity contribution >= 4 is 5.69 Å². The zero-order valence-electron chi connectivity index (χ0n) is 9.07. The summed E-state index contributed by atoms with van der Waals surface area (Å²) in [6.07, 6.45) is 3.01. The van der Waals surface area contributed by atoms with Crippen LogP contribution in [0, 0.1) is 5.82 Å². The van der Waals surface area contributed by atoms with E-state index in [0.29, 0.717) is 0 Å². The first-order valence-electron chi connectivity index (χ1n) is 5.53. The highest BCUT2D eigenvalue weighted by Gasteiger charge is 2.22.